The predicted molar refractivity (Wildman–Crippen MR) is 101 cm³/mol. The van der Waals surface area contributed by atoms with Gasteiger partial charge in [-0.3, -0.25) is 0 Å². The summed E-state index contributed by atoms with van der Waals surface area (Å²) in [5.41, 5.74) is 0.670. The number of benzene rings is 2. The van der Waals surface area contributed by atoms with Crippen molar-refractivity contribution in [2.24, 2.45) is 4.40 Å². The van der Waals surface area contributed by atoms with Gasteiger partial charge in [0.1, 0.15) is 5.82 Å². The zero-order chi connectivity index (χ0) is 19.6. The molecule has 0 unspecified atom stereocenters. The molecular formula is C18H15FN2O4S2. The number of aromatic nitrogens is 1. The molecule has 0 saturated heterocycles. The van der Waals surface area contributed by atoms with E-state index in [-0.39, 0.29) is 16.2 Å². The summed E-state index contributed by atoms with van der Waals surface area (Å²) in [4.78, 5) is 0.0892. The fraction of sp³-hybridized carbons (Fsp3) is 0.167. The van der Waals surface area contributed by atoms with E-state index in [1.807, 2.05) is 0 Å². The van der Waals surface area contributed by atoms with Crippen LogP contribution in [-0.4, -0.2) is 27.2 Å². The smallest absolute Gasteiger partial charge is 0.285 e. The molecular weight excluding hydrogens is 391 g/mol. The average molecular weight is 406 g/mol. The monoisotopic (exact) mass is 406 g/mol. The number of fused-ring (bicyclic) bond motifs is 1. The third kappa shape index (κ3) is 3.67. The summed E-state index contributed by atoms with van der Waals surface area (Å²) >= 11 is 1.15. The zero-order valence-electron chi connectivity index (χ0n) is 14.5. The normalized spacial score (nSPS) is 12.1. The van der Waals surface area contributed by atoms with Crippen LogP contribution in [0, 0.1) is 18.2 Å². The lowest BCUT2D eigenvalue weighted by molar-refractivity contribution is 0.355. The van der Waals surface area contributed by atoms with E-state index in [1.54, 1.807) is 16.7 Å². The predicted octanol–water partition coefficient (Wildman–Crippen LogP) is 2.78. The number of hydrogen-bond donors (Lipinski definition) is 0. The fourth-order valence-electron chi connectivity index (χ4n) is 2.47. The van der Waals surface area contributed by atoms with E-state index in [0.717, 1.165) is 28.2 Å². The molecule has 3 aromatic rings. The van der Waals surface area contributed by atoms with E-state index in [2.05, 4.69) is 10.3 Å². The molecule has 0 aliphatic carbocycles. The lowest BCUT2D eigenvalue weighted by atomic mass is 10.3. The summed E-state index contributed by atoms with van der Waals surface area (Å²) in [7, 11) is -1.02. The first-order valence-corrected chi connectivity index (χ1v) is 9.90. The van der Waals surface area contributed by atoms with Crippen molar-refractivity contribution in [2.45, 2.75) is 11.4 Å². The summed E-state index contributed by atoms with van der Waals surface area (Å²) in [6, 6.07) is 7.91. The highest BCUT2D eigenvalue weighted by molar-refractivity contribution is 7.90. The molecule has 0 amide bonds. The van der Waals surface area contributed by atoms with Gasteiger partial charge in [0.05, 0.1) is 35.9 Å². The molecule has 2 aromatic carbocycles. The first-order valence-electron chi connectivity index (χ1n) is 7.65. The minimum absolute atomic E-state index is 0.108. The van der Waals surface area contributed by atoms with Crippen molar-refractivity contribution in [3.8, 4) is 23.8 Å². The van der Waals surface area contributed by atoms with Crippen molar-refractivity contribution in [3.63, 3.8) is 0 Å². The number of rotatable bonds is 5. The summed E-state index contributed by atoms with van der Waals surface area (Å²) in [5.74, 6) is 2.96. The molecule has 0 aliphatic heterocycles. The Morgan fingerprint density at radius 2 is 1.81 bits per heavy atom. The molecule has 3 rings (SSSR count). The maximum Gasteiger partial charge on any atom is 0.285 e. The van der Waals surface area contributed by atoms with Gasteiger partial charge in [-0.15, -0.1) is 10.8 Å². The van der Waals surface area contributed by atoms with Gasteiger partial charge < -0.3 is 14.0 Å². The molecule has 0 N–H and O–H groups in total. The highest BCUT2D eigenvalue weighted by Crippen LogP contribution is 2.33. The summed E-state index contributed by atoms with van der Waals surface area (Å²) in [6.45, 7) is 0.118. The lowest BCUT2D eigenvalue weighted by Gasteiger charge is -2.08. The zero-order valence-corrected chi connectivity index (χ0v) is 16.1. The molecule has 0 fully saturated rings. The number of thiazole rings is 1. The van der Waals surface area contributed by atoms with Crippen LogP contribution in [0.15, 0.2) is 45.7 Å². The number of nitrogens with zero attached hydrogens (tertiary/aromatic N) is 2. The maximum atomic E-state index is 13.1. The SMILES string of the molecule is C#CCn1c(=NS(=O)(=O)c2ccc(F)cc2)sc2cc(OC)c(OC)cc21. The average Bonchev–Trinajstić information content (AvgIpc) is 2.96. The lowest BCUT2D eigenvalue weighted by Crippen LogP contribution is -2.16. The van der Waals surface area contributed by atoms with Crippen molar-refractivity contribution < 1.29 is 22.3 Å². The highest BCUT2D eigenvalue weighted by Gasteiger charge is 2.16. The van der Waals surface area contributed by atoms with Crippen LogP contribution in [0.1, 0.15) is 0 Å². The largest absolute Gasteiger partial charge is 0.493 e. The van der Waals surface area contributed by atoms with Gasteiger partial charge in [-0.1, -0.05) is 17.3 Å². The molecule has 0 atom stereocenters. The number of hydrogen-bond acceptors (Lipinski definition) is 5. The Morgan fingerprint density at radius 1 is 1.19 bits per heavy atom. The van der Waals surface area contributed by atoms with E-state index >= 15 is 0 Å². The van der Waals surface area contributed by atoms with Gasteiger partial charge in [0.25, 0.3) is 10.0 Å². The van der Waals surface area contributed by atoms with Gasteiger partial charge in [0.15, 0.2) is 11.5 Å². The van der Waals surface area contributed by atoms with Crippen LogP contribution in [0.4, 0.5) is 4.39 Å². The van der Waals surface area contributed by atoms with Crippen molar-refractivity contribution in [2.75, 3.05) is 14.2 Å². The minimum atomic E-state index is -4.03. The molecule has 0 spiro atoms. The van der Waals surface area contributed by atoms with Crippen molar-refractivity contribution >= 4 is 31.6 Å². The van der Waals surface area contributed by atoms with E-state index < -0.39 is 15.8 Å². The van der Waals surface area contributed by atoms with Gasteiger partial charge in [-0.2, -0.15) is 8.42 Å². The fourth-order valence-corrected chi connectivity index (χ4v) is 4.72. The Labute approximate surface area is 159 Å². The molecule has 140 valence electrons. The second-order valence-corrected chi connectivity index (χ2v) is 7.98. The summed E-state index contributed by atoms with van der Waals surface area (Å²) < 4.78 is 55.1. The van der Waals surface area contributed by atoms with Crippen LogP contribution in [0.2, 0.25) is 0 Å². The molecule has 0 radical (unpaired) electrons. The number of ether oxygens (including phenoxy) is 2. The third-order valence-corrected chi connectivity index (χ3v) is 6.19. The number of halogens is 1. The second-order valence-electron chi connectivity index (χ2n) is 5.37. The molecule has 1 aromatic heterocycles. The third-order valence-electron chi connectivity index (χ3n) is 3.75. The molecule has 0 saturated carbocycles. The Morgan fingerprint density at radius 3 is 2.41 bits per heavy atom. The second kappa shape index (κ2) is 7.42. The topological polar surface area (TPSA) is 69.9 Å². The molecule has 0 bridgehead atoms. The molecule has 6 nitrogen and oxygen atoms in total. The Bertz CT molecular complexity index is 1200. The number of sulfonamides is 1. The molecule has 0 aliphatic rings. The van der Waals surface area contributed by atoms with E-state index in [0.29, 0.717) is 17.0 Å². The Balaban J connectivity index is 2.26. The van der Waals surface area contributed by atoms with Crippen LogP contribution < -0.4 is 14.3 Å². The summed E-state index contributed by atoms with van der Waals surface area (Å²) in [5, 5.41) is 0. The Hall–Kier alpha value is -2.83. The Kier molecular flexibility index (Phi) is 5.21. The number of terminal acetylenes is 1. The van der Waals surface area contributed by atoms with E-state index in [4.69, 9.17) is 15.9 Å². The maximum absolute atomic E-state index is 13.1. The van der Waals surface area contributed by atoms with Crippen LogP contribution in [0.25, 0.3) is 10.2 Å². The number of methoxy groups -OCH3 is 2. The van der Waals surface area contributed by atoms with Crippen LogP contribution in [0.5, 0.6) is 11.5 Å². The van der Waals surface area contributed by atoms with Crippen molar-refractivity contribution in [1.29, 1.82) is 0 Å². The van der Waals surface area contributed by atoms with Gasteiger partial charge in [0, 0.05) is 12.1 Å². The standard InChI is InChI=1S/C18H15FN2O4S2/c1-4-9-21-14-10-15(24-2)16(25-3)11-17(14)26-18(21)20-27(22,23)13-7-5-12(19)6-8-13/h1,5-8,10-11H,9H2,2-3H3. The van der Waals surface area contributed by atoms with Gasteiger partial charge in [0.2, 0.25) is 4.80 Å². The van der Waals surface area contributed by atoms with Crippen LogP contribution in [-0.2, 0) is 16.6 Å². The van der Waals surface area contributed by atoms with Crippen LogP contribution in [0.3, 0.4) is 0 Å². The molecule has 27 heavy (non-hydrogen) atoms. The molecule has 9 heteroatoms. The van der Waals surface area contributed by atoms with Gasteiger partial charge in [-0.25, -0.2) is 4.39 Å². The summed E-state index contributed by atoms with van der Waals surface area (Å²) in [6.07, 6.45) is 5.44. The van der Waals surface area contributed by atoms with Crippen molar-refractivity contribution in [3.05, 3.63) is 47.0 Å². The first-order chi connectivity index (χ1) is 12.9. The van der Waals surface area contributed by atoms with Gasteiger partial charge >= 0.3 is 0 Å². The highest BCUT2D eigenvalue weighted by atomic mass is 32.2. The van der Waals surface area contributed by atoms with Gasteiger partial charge in [-0.05, 0) is 24.3 Å². The van der Waals surface area contributed by atoms with Crippen molar-refractivity contribution in [1.82, 2.24) is 4.57 Å². The minimum Gasteiger partial charge on any atom is -0.493 e. The first kappa shape index (κ1) is 18.9. The quantitative estimate of drug-likeness (QED) is 0.611. The van der Waals surface area contributed by atoms with Crippen LogP contribution >= 0.6 is 11.3 Å². The van der Waals surface area contributed by atoms with E-state index in [1.165, 1.54) is 26.4 Å². The molecule has 1 heterocycles. The van der Waals surface area contributed by atoms with E-state index in [9.17, 15) is 12.8 Å².